The number of rotatable bonds is 10. The minimum absolute atomic E-state index is 0.359. The number of nitriles is 1. The van der Waals surface area contributed by atoms with Crippen LogP contribution in [0, 0.1) is 17.9 Å². The van der Waals surface area contributed by atoms with Gasteiger partial charge in [-0.05, 0) is 136 Å². The maximum absolute atomic E-state index is 10.6. The van der Waals surface area contributed by atoms with Gasteiger partial charge < -0.3 is 13.7 Å². The molecule has 13 aromatic carbocycles. The Bertz CT molecular complexity index is 5590. The topological polar surface area (TPSA) is 81.6 Å². The van der Waals surface area contributed by atoms with Crippen molar-refractivity contribution < 1.29 is 0 Å². The summed E-state index contributed by atoms with van der Waals surface area (Å²) in [6.45, 7) is 9.50. The third-order valence-corrected chi connectivity index (χ3v) is 17.7. The van der Waals surface area contributed by atoms with Crippen molar-refractivity contribution >= 4 is 71.1 Å². The summed E-state index contributed by atoms with van der Waals surface area (Å²) < 4.78 is 6.88. The van der Waals surface area contributed by atoms with Crippen LogP contribution < -0.4 is 0 Å². The van der Waals surface area contributed by atoms with Crippen LogP contribution >= 0.6 is 0 Å². The SMILES string of the molecule is [C-]#[N+]c1cc(-c2nc(-c3ccccc3)nc(-c3cc(C#N)ccc3-n3c4ccccc4c4ccccc43)n2)cc(-n2c3ccc(-c4ccccc4)cc3c3cc(-c4ccccc4)ccc32)c1-n1c2ccc(-c3ccccc3)cc2c2cc(-c3ccccc3)ccc21. The van der Waals surface area contributed by atoms with Gasteiger partial charge in [-0.2, -0.15) is 5.26 Å². The highest BCUT2D eigenvalue weighted by atomic mass is 15.1. The van der Waals surface area contributed by atoms with Gasteiger partial charge in [0.2, 0.25) is 5.69 Å². The van der Waals surface area contributed by atoms with Gasteiger partial charge in [-0.25, -0.2) is 19.8 Å². The number of benzene rings is 13. The van der Waals surface area contributed by atoms with Crippen molar-refractivity contribution in [2.24, 2.45) is 0 Å². The van der Waals surface area contributed by atoms with Gasteiger partial charge in [-0.3, -0.25) is 0 Å². The molecule has 0 saturated heterocycles. The number of aromatic nitrogens is 6. The minimum atomic E-state index is 0.359. The van der Waals surface area contributed by atoms with Crippen LogP contribution in [0.25, 0.3) is 166 Å². The molecule has 17 rings (SSSR count). The first kappa shape index (κ1) is 52.6. The van der Waals surface area contributed by atoms with E-state index < -0.39 is 0 Å². The highest BCUT2D eigenvalue weighted by molar-refractivity contribution is 6.15. The lowest BCUT2D eigenvalue weighted by atomic mass is 10.0. The molecule has 0 bridgehead atoms. The molecule has 0 aliphatic rings. The average molecular weight is 1160 g/mol. The largest absolute Gasteiger partial charge is 0.317 e. The molecule has 91 heavy (non-hydrogen) atoms. The molecule has 0 unspecified atom stereocenters. The Labute approximate surface area is 524 Å². The standard InChI is InChI=1S/C83H50N8/c1-85-71-50-63(82-86-81(58-29-15-6-16-30-58)87-83(88-82)70-45-53(52-84)35-40-78(70)89-72-33-19-17-31-64(72)65-32-18-20-34-73(65)89)51-79(90-74-41-36-59(54-21-7-2-8-22-54)46-66(74)67-47-60(37-42-75(67)90)55-23-9-3-10-24-55)80(71)91-76-43-38-61(56-25-11-4-12-26-56)48-68(76)69-49-62(39-44-77(69)91)57-27-13-5-14-28-57/h2-51H. The molecule has 0 radical (unpaired) electrons. The van der Waals surface area contributed by atoms with Crippen LogP contribution in [0.2, 0.25) is 0 Å². The second-order valence-electron chi connectivity index (χ2n) is 22.9. The minimum Gasteiger partial charge on any atom is -0.317 e. The van der Waals surface area contributed by atoms with Gasteiger partial charge >= 0.3 is 0 Å². The van der Waals surface area contributed by atoms with E-state index in [1.54, 1.807) is 0 Å². The van der Waals surface area contributed by atoms with Gasteiger partial charge in [-0.1, -0.05) is 212 Å². The maximum atomic E-state index is 10.6. The first-order valence-electron chi connectivity index (χ1n) is 30.3. The monoisotopic (exact) mass is 1160 g/mol. The lowest BCUT2D eigenvalue weighted by Gasteiger charge is -2.20. The quantitative estimate of drug-likeness (QED) is 0.128. The summed E-state index contributed by atoms with van der Waals surface area (Å²) in [5.41, 5.74) is 19.8. The van der Waals surface area contributed by atoms with Crippen LogP contribution in [-0.4, -0.2) is 28.7 Å². The van der Waals surface area contributed by atoms with Crippen molar-refractivity contribution in [3.05, 3.63) is 320 Å². The molecule has 0 aliphatic heterocycles. The maximum Gasteiger partial charge on any atom is 0.213 e. The Hall–Kier alpha value is -12.8. The highest BCUT2D eigenvalue weighted by Gasteiger charge is 2.27. The van der Waals surface area contributed by atoms with Crippen LogP contribution in [0.1, 0.15) is 5.56 Å². The van der Waals surface area contributed by atoms with E-state index in [9.17, 15) is 11.8 Å². The van der Waals surface area contributed by atoms with Gasteiger partial charge in [0, 0.05) is 49.0 Å². The number of fused-ring (bicyclic) bond motifs is 9. The van der Waals surface area contributed by atoms with E-state index in [4.69, 9.17) is 15.0 Å². The summed E-state index contributed by atoms with van der Waals surface area (Å²) in [6.07, 6.45) is 0. The van der Waals surface area contributed by atoms with Gasteiger partial charge in [0.25, 0.3) is 0 Å². The Morgan fingerprint density at radius 3 is 1.08 bits per heavy atom. The molecule has 4 aromatic heterocycles. The molecule has 0 fully saturated rings. The van der Waals surface area contributed by atoms with Gasteiger partial charge in [-0.15, -0.1) is 0 Å². The van der Waals surface area contributed by atoms with E-state index in [1.807, 2.05) is 66.7 Å². The molecular formula is C83H50N8. The number of hydrogen-bond acceptors (Lipinski definition) is 4. The Balaban J connectivity index is 0.989. The predicted molar refractivity (Wildman–Crippen MR) is 372 cm³/mol. The van der Waals surface area contributed by atoms with Gasteiger partial charge in [0.05, 0.1) is 68.4 Å². The summed E-state index contributed by atoms with van der Waals surface area (Å²) in [5.74, 6) is 1.17. The second-order valence-corrected chi connectivity index (χ2v) is 22.9. The fourth-order valence-corrected chi connectivity index (χ4v) is 13.5. The third-order valence-electron chi connectivity index (χ3n) is 17.7. The van der Waals surface area contributed by atoms with E-state index in [-0.39, 0.29) is 0 Å². The predicted octanol–water partition coefficient (Wildman–Crippen LogP) is 21.3. The van der Waals surface area contributed by atoms with Crippen LogP contribution in [0.15, 0.2) is 303 Å². The van der Waals surface area contributed by atoms with E-state index in [2.05, 4.69) is 261 Å². The zero-order valence-corrected chi connectivity index (χ0v) is 48.9. The van der Waals surface area contributed by atoms with Crippen molar-refractivity contribution in [2.75, 3.05) is 0 Å². The normalized spacial score (nSPS) is 11.5. The number of nitrogens with zero attached hydrogens (tertiary/aromatic N) is 8. The first-order chi connectivity index (χ1) is 45.0. The lowest BCUT2D eigenvalue weighted by molar-refractivity contribution is 1.06. The van der Waals surface area contributed by atoms with Crippen LogP contribution in [0.5, 0.6) is 0 Å². The highest BCUT2D eigenvalue weighted by Crippen LogP contribution is 2.47. The summed E-state index contributed by atoms with van der Waals surface area (Å²) in [4.78, 5) is 20.9. The molecule has 17 aromatic rings. The molecule has 0 saturated carbocycles. The molecule has 8 nitrogen and oxygen atoms in total. The van der Waals surface area contributed by atoms with Crippen molar-refractivity contribution in [3.8, 4) is 102 Å². The third kappa shape index (κ3) is 8.86. The lowest BCUT2D eigenvalue weighted by Crippen LogP contribution is -2.06. The molecule has 422 valence electrons. The summed E-state index contributed by atoms with van der Waals surface area (Å²) in [7, 11) is 0. The molecule has 4 heterocycles. The van der Waals surface area contributed by atoms with E-state index in [0.29, 0.717) is 45.5 Å². The molecule has 0 spiro atoms. The average Bonchev–Trinajstić information content (AvgIpc) is 1.60. The molecule has 0 aliphatic carbocycles. The molecule has 0 atom stereocenters. The summed E-state index contributed by atoms with van der Waals surface area (Å²) in [5, 5.41) is 17.1. The zero-order chi connectivity index (χ0) is 60.5. The molecule has 0 amide bonds. The van der Waals surface area contributed by atoms with Crippen molar-refractivity contribution in [2.45, 2.75) is 0 Å². The fraction of sp³-hybridized carbons (Fsp3) is 0. The van der Waals surface area contributed by atoms with E-state index in [1.165, 1.54) is 0 Å². The van der Waals surface area contributed by atoms with Crippen LogP contribution in [0.3, 0.4) is 0 Å². The van der Waals surface area contributed by atoms with Crippen LogP contribution in [0.4, 0.5) is 5.69 Å². The van der Waals surface area contributed by atoms with Crippen molar-refractivity contribution in [3.63, 3.8) is 0 Å². The summed E-state index contributed by atoms with van der Waals surface area (Å²) >= 11 is 0. The zero-order valence-electron chi connectivity index (χ0n) is 48.9. The van der Waals surface area contributed by atoms with Crippen molar-refractivity contribution in [1.82, 2.24) is 28.7 Å². The molecule has 0 N–H and O–H groups in total. The molecule has 8 heteroatoms. The first-order valence-corrected chi connectivity index (χ1v) is 30.3. The van der Waals surface area contributed by atoms with Crippen LogP contribution in [-0.2, 0) is 0 Å². The Morgan fingerprint density at radius 2 is 0.648 bits per heavy atom. The van der Waals surface area contributed by atoms with E-state index >= 15 is 0 Å². The van der Waals surface area contributed by atoms with E-state index in [0.717, 1.165) is 127 Å². The fourth-order valence-electron chi connectivity index (χ4n) is 13.5. The second kappa shape index (κ2) is 21.6. The summed E-state index contributed by atoms with van der Waals surface area (Å²) in [6, 6.07) is 108. The number of para-hydroxylation sites is 2. The molecular weight excluding hydrogens is 1110 g/mol. The Kier molecular flexibility index (Phi) is 12.5. The van der Waals surface area contributed by atoms with Gasteiger partial charge in [0.15, 0.2) is 17.5 Å². The Morgan fingerprint density at radius 1 is 0.286 bits per heavy atom. The van der Waals surface area contributed by atoms with Crippen molar-refractivity contribution in [1.29, 1.82) is 5.26 Å². The smallest absolute Gasteiger partial charge is 0.213 e. The van der Waals surface area contributed by atoms with Gasteiger partial charge in [0.1, 0.15) is 0 Å². The number of hydrogen-bond donors (Lipinski definition) is 0.